The molecular weight excluding hydrogens is 402 g/mol. The van der Waals surface area contributed by atoms with Crippen LogP contribution in [0.5, 0.6) is 0 Å². The molecule has 0 saturated heterocycles. The first kappa shape index (κ1) is 21.1. The van der Waals surface area contributed by atoms with Gasteiger partial charge < -0.3 is 15.5 Å². The van der Waals surface area contributed by atoms with Crippen molar-refractivity contribution < 1.29 is 19.8 Å². The highest BCUT2D eigenvalue weighted by Crippen LogP contribution is 2.74. The standard InChI is InChI=1S/C27H37NO4/c1-15-12-26-14-27(15,32)9-8-19(26)18-10-17-11-20(29)25(2,23(17)30)21(18)22(26)24(31)28-13-16-6-4-3-5-7-16/h10,16-17,19,21-23,30,32H,1,3-9,11-14H2,2H3,(H,28,31)/t17-,19-,21+,22+,23-,25-,26-,27-/m0/s1. The van der Waals surface area contributed by atoms with Crippen LogP contribution in [0.4, 0.5) is 0 Å². The van der Waals surface area contributed by atoms with E-state index in [-0.39, 0.29) is 34.9 Å². The molecule has 0 unspecified atom stereocenters. The number of carbonyl (C=O) groups excluding carboxylic acids is 2. The van der Waals surface area contributed by atoms with Gasteiger partial charge in [0.25, 0.3) is 0 Å². The topological polar surface area (TPSA) is 86.6 Å². The normalized spacial score (nSPS) is 49.6. The molecule has 3 N–H and O–H groups in total. The van der Waals surface area contributed by atoms with Gasteiger partial charge in [-0.25, -0.2) is 0 Å². The van der Waals surface area contributed by atoms with E-state index in [9.17, 15) is 19.8 Å². The number of hydrogen-bond donors (Lipinski definition) is 3. The molecule has 174 valence electrons. The average Bonchev–Trinajstić information content (AvgIpc) is 3.21. The first-order valence-electron chi connectivity index (χ1n) is 12.8. The van der Waals surface area contributed by atoms with Crippen molar-refractivity contribution in [3.63, 3.8) is 0 Å². The van der Waals surface area contributed by atoms with Crippen molar-refractivity contribution >= 4 is 11.7 Å². The Balaban J connectivity index is 1.41. The summed E-state index contributed by atoms with van der Waals surface area (Å²) in [5.41, 5.74) is -0.107. The van der Waals surface area contributed by atoms with Crippen LogP contribution in [0, 0.1) is 40.4 Å². The van der Waals surface area contributed by atoms with Crippen molar-refractivity contribution in [1.82, 2.24) is 5.32 Å². The van der Waals surface area contributed by atoms with Gasteiger partial charge >= 0.3 is 0 Å². The van der Waals surface area contributed by atoms with Gasteiger partial charge in [0.2, 0.25) is 5.91 Å². The summed E-state index contributed by atoms with van der Waals surface area (Å²) in [4.78, 5) is 27.2. The molecule has 32 heavy (non-hydrogen) atoms. The Morgan fingerprint density at radius 3 is 2.75 bits per heavy atom. The summed E-state index contributed by atoms with van der Waals surface area (Å²) in [6.07, 6.45) is 10.6. The van der Waals surface area contributed by atoms with Gasteiger partial charge in [-0.15, -0.1) is 0 Å². The van der Waals surface area contributed by atoms with Crippen LogP contribution in [0.1, 0.15) is 71.1 Å². The van der Waals surface area contributed by atoms with Crippen molar-refractivity contribution in [2.24, 2.45) is 40.4 Å². The molecule has 6 aliphatic carbocycles. The maximum Gasteiger partial charge on any atom is 0.224 e. The van der Waals surface area contributed by atoms with E-state index in [0.717, 1.165) is 12.0 Å². The first-order chi connectivity index (χ1) is 15.2. The Bertz CT molecular complexity index is 919. The van der Waals surface area contributed by atoms with Crippen molar-refractivity contribution in [3.8, 4) is 0 Å². The smallest absolute Gasteiger partial charge is 0.224 e. The SMILES string of the molecule is C=C1C[C@]23C[C@@]1(O)CC[C@H]2C1=C[C@H]2CC(=O)[C@@](C)([C@H]1[C@@H]3C(=O)NCC1CCCCC1)[C@H]2O. The van der Waals surface area contributed by atoms with Gasteiger partial charge in [0, 0.05) is 24.8 Å². The van der Waals surface area contributed by atoms with Crippen molar-refractivity contribution in [2.45, 2.75) is 82.8 Å². The fourth-order valence-corrected chi connectivity index (χ4v) is 9.13. The van der Waals surface area contributed by atoms with Gasteiger partial charge in [-0.3, -0.25) is 9.59 Å². The molecule has 6 aliphatic rings. The van der Waals surface area contributed by atoms with Crippen LogP contribution in [0.15, 0.2) is 23.8 Å². The summed E-state index contributed by atoms with van der Waals surface area (Å²) < 4.78 is 0. The summed E-state index contributed by atoms with van der Waals surface area (Å²) in [6, 6.07) is 0. The molecule has 1 amide bonds. The van der Waals surface area contributed by atoms with E-state index < -0.39 is 23.0 Å². The van der Waals surface area contributed by atoms with E-state index in [2.05, 4.69) is 18.0 Å². The van der Waals surface area contributed by atoms with Crippen LogP contribution in [0.3, 0.4) is 0 Å². The number of allylic oxidation sites excluding steroid dienone is 1. The molecule has 0 aliphatic heterocycles. The maximum absolute atomic E-state index is 14.0. The Labute approximate surface area is 190 Å². The van der Waals surface area contributed by atoms with E-state index in [4.69, 9.17) is 0 Å². The second kappa shape index (κ2) is 6.79. The lowest BCUT2D eigenvalue weighted by Crippen LogP contribution is -2.52. The number of ketones is 1. The van der Waals surface area contributed by atoms with Gasteiger partial charge in [-0.05, 0) is 68.3 Å². The predicted molar refractivity (Wildman–Crippen MR) is 120 cm³/mol. The molecule has 5 saturated carbocycles. The van der Waals surface area contributed by atoms with Crippen molar-refractivity contribution in [3.05, 3.63) is 23.8 Å². The summed E-state index contributed by atoms with van der Waals surface area (Å²) in [5.74, 6) is 0.0506. The summed E-state index contributed by atoms with van der Waals surface area (Å²) >= 11 is 0. The lowest BCUT2D eigenvalue weighted by Gasteiger charge is -2.43. The first-order valence-corrected chi connectivity index (χ1v) is 12.8. The molecule has 1 spiro atoms. The van der Waals surface area contributed by atoms with E-state index in [0.29, 0.717) is 38.1 Å². The van der Waals surface area contributed by atoms with Crippen molar-refractivity contribution in [2.75, 3.05) is 6.54 Å². The monoisotopic (exact) mass is 439 g/mol. The second-order valence-corrected chi connectivity index (χ2v) is 12.2. The molecular formula is C27H37NO4. The third-order valence-corrected chi connectivity index (χ3v) is 10.7. The fourth-order valence-electron chi connectivity index (χ4n) is 9.13. The fraction of sp³-hybridized carbons (Fsp3) is 0.778. The van der Waals surface area contributed by atoms with Crippen LogP contribution in [-0.4, -0.2) is 40.2 Å². The van der Waals surface area contributed by atoms with Crippen LogP contribution >= 0.6 is 0 Å². The number of amides is 1. The predicted octanol–water partition coefficient (Wildman–Crippen LogP) is 3.30. The molecule has 0 radical (unpaired) electrons. The minimum absolute atomic E-state index is 0.0273. The van der Waals surface area contributed by atoms with Crippen LogP contribution in [-0.2, 0) is 9.59 Å². The zero-order valence-corrected chi connectivity index (χ0v) is 19.2. The second-order valence-electron chi connectivity index (χ2n) is 12.2. The molecule has 5 fully saturated rings. The molecule has 4 bridgehead atoms. The molecule has 5 nitrogen and oxygen atoms in total. The average molecular weight is 440 g/mol. The van der Waals surface area contributed by atoms with E-state index in [1.54, 1.807) is 0 Å². The third kappa shape index (κ3) is 2.53. The summed E-state index contributed by atoms with van der Waals surface area (Å²) in [7, 11) is 0. The molecule has 5 heteroatoms. The molecule has 8 atom stereocenters. The molecule has 0 aromatic heterocycles. The van der Waals surface area contributed by atoms with Crippen molar-refractivity contribution in [1.29, 1.82) is 0 Å². The van der Waals surface area contributed by atoms with Gasteiger partial charge in [0.15, 0.2) is 0 Å². The molecule has 0 aromatic rings. The minimum Gasteiger partial charge on any atom is -0.391 e. The highest BCUT2D eigenvalue weighted by atomic mass is 16.3. The molecule has 0 aromatic carbocycles. The highest BCUT2D eigenvalue weighted by Gasteiger charge is 2.74. The van der Waals surface area contributed by atoms with Gasteiger partial charge in [0.05, 0.1) is 23.0 Å². The van der Waals surface area contributed by atoms with Crippen LogP contribution in [0.2, 0.25) is 0 Å². The highest BCUT2D eigenvalue weighted by molar-refractivity contribution is 5.92. The number of nitrogens with one attached hydrogen (secondary N) is 1. The van der Waals surface area contributed by atoms with E-state index >= 15 is 0 Å². The number of hydrogen-bond acceptors (Lipinski definition) is 4. The minimum atomic E-state index is -0.907. The van der Waals surface area contributed by atoms with Crippen LogP contribution in [0.25, 0.3) is 0 Å². The number of Topliss-reactive ketones (excluding diaryl/α,β-unsaturated/α-hetero) is 1. The zero-order chi connectivity index (χ0) is 22.5. The Kier molecular flexibility index (Phi) is 4.48. The number of fused-ring (bicyclic) bond motifs is 6. The van der Waals surface area contributed by atoms with Gasteiger partial charge in [-0.2, -0.15) is 0 Å². The molecule has 0 heterocycles. The number of carbonyl (C=O) groups is 2. The third-order valence-electron chi connectivity index (χ3n) is 10.7. The maximum atomic E-state index is 14.0. The quantitative estimate of drug-likeness (QED) is 0.589. The number of aliphatic hydroxyl groups excluding tert-OH is 1. The number of rotatable bonds is 3. The van der Waals surface area contributed by atoms with Gasteiger partial charge in [0.1, 0.15) is 5.78 Å². The zero-order valence-electron chi connectivity index (χ0n) is 19.2. The van der Waals surface area contributed by atoms with Crippen LogP contribution < -0.4 is 5.32 Å². The summed E-state index contributed by atoms with van der Waals surface area (Å²) in [6.45, 7) is 6.84. The lowest BCUT2D eigenvalue weighted by molar-refractivity contribution is -0.141. The van der Waals surface area contributed by atoms with E-state index in [1.807, 2.05) is 6.92 Å². The summed E-state index contributed by atoms with van der Waals surface area (Å²) in [5, 5.41) is 25.8. The Hall–Kier alpha value is -1.46. The largest absolute Gasteiger partial charge is 0.391 e. The Morgan fingerprint density at radius 1 is 1.25 bits per heavy atom. The van der Waals surface area contributed by atoms with E-state index in [1.165, 1.54) is 37.7 Å². The van der Waals surface area contributed by atoms with Gasteiger partial charge in [-0.1, -0.05) is 37.5 Å². The molecule has 6 rings (SSSR count). The number of aliphatic hydroxyl groups is 2. The Morgan fingerprint density at radius 2 is 2.00 bits per heavy atom. The lowest BCUT2D eigenvalue weighted by atomic mass is 9.60.